The molecule has 1 fully saturated rings. The number of methoxy groups -OCH3 is 1. The Morgan fingerprint density at radius 3 is 2.41 bits per heavy atom. The molecule has 0 N–H and O–H groups in total. The predicted molar refractivity (Wildman–Crippen MR) is 60.3 cm³/mol. The maximum atomic E-state index is 11.3. The number of ether oxygens (including phenoxy) is 2. The first kappa shape index (κ1) is 11.6. The van der Waals surface area contributed by atoms with Gasteiger partial charge in [0.1, 0.15) is 6.61 Å². The Balaban J connectivity index is 1.89. The van der Waals surface area contributed by atoms with Crippen LogP contribution in [0.2, 0.25) is 0 Å². The smallest absolute Gasteiger partial charge is 0.337 e. The summed E-state index contributed by atoms with van der Waals surface area (Å²) in [4.78, 5) is 22.5. The van der Waals surface area contributed by atoms with Crippen LogP contribution in [-0.4, -0.2) is 19.0 Å². The highest BCUT2D eigenvalue weighted by atomic mass is 16.5. The van der Waals surface area contributed by atoms with Gasteiger partial charge >= 0.3 is 11.9 Å². The fourth-order valence-corrected chi connectivity index (χ4v) is 1.45. The van der Waals surface area contributed by atoms with Crippen LogP contribution >= 0.6 is 0 Å². The molecular weight excluding hydrogens is 220 g/mol. The molecule has 0 aromatic heterocycles. The van der Waals surface area contributed by atoms with E-state index in [9.17, 15) is 9.59 Å². The van der Waals surface area contributed by atoms with Crippen LogP contribution < -0.4 is 0 Å². The second-order valence-corrected chi connectivity index (χ2v) is 4.07. The average Bonchev–Trinajstić information content (AvgIpc) is 3.20. The van der Waals surface area contributed by atoms with Gasteiger partial charge in [0.2, 0.25) is 0 Å². The first-order chi connectivity index (χ1) is 8.20. The Morgan fingerprint density at radius 2 is 1.88 bits per heavy atom. The first-order valence-electron chi connectivity index (χ1n) is 5.54. The monoisotopic (exact) mass is 234 g/mol. The van der Waals surface area contributed by atoms with Crippen LogP contribution in [0.1, 0.15) is 28.8 Å². The van der Waals surface area contributed by atoms with E-state index >= 15 is 0 Å². The number of hydrogen-bond donors (Lipinski definition) is 0. The van der Waals surface area contributed by atoms with Crippen molar-refractivity contribution in [1.29, 1.82) is 0 Å². The van der Waals surface area contributed by atoms with Gasteiger partial charge in [0.05, 0.1) is 18.6 Å². The van der Waals surface area contributed by atoms with Crippen molar-refractivity contribution in [3.05, 3.63) is 35.4 Å². The topological polar surface area (TPSA) is 52.6 Å². The Morgan fingerprint density at radius 1 is 1.24 bits per heavy atom. The number of esters is 2. The summed E-state index contributed by atoms with van der Waals surface area (Å²) in [5, 5.41) is 0. The third-order valence-electron chi connectivity index (χ3n) is 2.67. The van der Waals surface area contributed by atoms with Gasteiger partial charge in [0.25, 0.3) is 0 Å². The van der Waals surface area contributed by atoms with Crippen molar-refractivity contribution in [2.45, 2.75) is 19.4 Å². The normalized spacial score (nSPS) is 14.2. The van der Waals surface area contributed by atoms with Crippen molar-refractivity contribution in [2.24, 2.45) is 5.92 Å². The van der Waals surface area contributed by atoms with Crippen LogP contribution in [-0.2, 0) is 20.9 Å². The molecule has 2 rings (SSSR count). The van der Waals surface area contributed by atoms with Gasteiger partial charge in [-0.15, -0.1) is 0 Å². The standard InChI is InChI=1S/C13H14O4/c1-16-12(14)10-4-2-9(3-5-10)8-17-13(15)11-6-7-11/h2-5,11H,6-8H2,1H3. The Hall–Kier alpha value is -1.84. The molecule has 0 unspecified atom stereocenters. The van der Waals surface area contributed by atoms with Crippen molar-refractivity contribution < 1.29 is 19.1 Å². The second kappa shape index (κ2) is 4.99. The highest BCUT2D eigenvalue weighted by Crippen LogP contribution is 2.30. The molecule has 17 heavy (non-hydrogen) atoms. The van der Waals surface area contributed by atoms with Crippen LogP contribution in [0.5, 0.6) is 0 Å². The number of carbonyl (C=O) groups excluding carboxylic acids is 2. The lowest BCUT2D eigenvalue weighted by Gasteiger charge is -2.04. The molecule has 90 valence electrons. The SMILES string of the molecule is COC(=O)c1ccc(COC(=O)C2CC2)cc1. The molecule has 0 heterocycles. The Kier molecular flexibility index (Phi) is 3.42. The summed E-state index contributed by atoms with van der Waals surface area (Å²) in [6, 6.07) is 6.83. The predicted octanol–water partition coefficient (Wildman–Crippen LogP) is 1.93. The molecule has 1 aliphatic rings. The van der Waals surface area contributed by atoms with Crippen molar-refractivity contribution in [3.8, 4) is 0 Å². The lowest BCUT2D eigenvalue weighted by Crippen LogP contribution is -2.06. The van der Waals surface area contributed by atoms with Gasteiger partial charge in [-0.2, -0.15) is 0 Å². The summed E-state index contributed by atoms with van der Waals surface area (Å²) >= 11 is 0. The molecule has 0 aliphatic heterocycles. The lowest BCUT2D eigenvalue weighted by atomic mass is 10.1. The Bertz CT molecular complexity index is 418. The van der Waals surface area contributed by atoms with E-state index < -0.39 is 0 Å². The third kappa shape index (κ3) is 3.06. The van der Waals surface area contributed by atoms with Crippen LogP contribution in [0.4, 0.5) is 0 Å². The molecule has 0 bridgehead atoms. The number of hydrogen-bond acceptors (Lipinski definition) is 4. The number of rotatable bonds is 4. The van der Waals surface area contributed by atoms with E-state index in [2.05, 4.69) is 4.74 Å². The van der Waals surface area contributed by atoms with Crippen molar-refractivity contribution in [3.63, 3.8) is 0 Å². The number of benzene rings is 1. The van der Waals surface area contributed by atoms with Gasteiger partial charge in [-0.05, 0) is 30.5 Å². The van der Waals surface area contributed by atoms with E-state index in [1.165, 1.54) is 7.11 Å². The van der Waals surface area contributed by atoms with E-state index in [1.807, 2.05) is 0 Å². The van der Waals surface area contributed by atoms with E-state index in [0.29, 0.717) is 5.56 Å². The van der Waals surface area contributed by atoms with E-state index in [1.54, 1.807) is 24.3 Å². The second-order valence-electron chi connectivity index (χ2n) is 4.07. The molecule has 1 aromatic carbocycles. The third-order valence-corrected chi connectivity index (χ3v) is 2.67. The van der Waals surface area contributed by atoms with Crippen LogP contribution in [0.15, 0.2) is 24.3 Å². The van der Waals surface area contributed by atoms with Gasteiger partial charge in [0, 0.05) is 0 Å². The summed E-state index contributed by atoms with van der Waals surface area (Å²) < 4.78 is 9.71. The fourth-order valence-electron chi connectivity index (χ4n) is 1.45. The van der Waals surface area contributed by atoms with E-state index in [4.69, 9.17) is 4.74 Å². The van der Waals surface area contributed by atoms with Gasteiger partial charge in [0.15, 0.2) is 0 Å². The quantitative estimate of drug-likeness (QED) is 0.747. The minimum atomic E-state index is -0.369. The van der Waals surface area contributed by atoms with Gasteiger partial charge < -0.3 is 9.47 Å². The van der Waals surface area contributed by atoms with Crippen molar-refractivity contribution in [1.82, 2.24) is 0 Å². The van der Waals surface area contributed by atoms with Crippen molar-refractivity contribution in [2.75, 3.05) is 7.11 Å². The van der Waals surface area contributed by atoms with Crippen LogP contribution in [0.3, 0.4) is 0 Å². The largest absolute Gasteiger partial charge is 0.465 e. The molecular formula is C13H14O4. The van der Waals surface area contributed by atoms with Gasteiger partial charge in [-0.3, -0.25) is 4.79 Å². The summed E-state index contributed by atoms with van der Waals surface area (Å²) in [7, 11) is 1.34. The molecule has 1 aliphatic carbocycles. The minimum absolute atomic E-state index is 0.115. The average molecular weight is 234 g/mol. The summed E-state index contributed by atoms with van der Waals surface area (Å²) in [5.41, 5.74) is 1.36. The van der Waals surface area contributed by atoms with Crippen molar-refractivity contribution >= 4 is 11.9 Å². The van der Waals surface area contributed by atoms with Crippen LogP contribution in [0, 0.1) is 5.92 Å². The highest BCUT2D eigenvalue weighted by Gasteiger charge is 2.31. The lowest BCUT2D eigenvalue weighted by molar-refractivity contribution is -0.146. The summed E-state index contributed by atoms with van der Waals surface area (Å²) in [5.74, 6) is -0.377. The summed E-state index contributed by atoms with van der Waals surface area (Å²) in [6.45, 7) is 0.261. The Labute approximate surface area is 99.5 Å². The zero-order chi connectivity index (χ0) is 12.3. The zero-order valence-corrected chi connectivity index (χ0v) is 9.64. The number of carbonyl (C=O) groups is 2. The molecule has 1 saturated carbocycles. The van der Waals surface area contributed by atoms with Crippen LogP contribution in [0.25, 0.3) is 0 Å². The maximum absolute atomic E-state index is 11.3. The molecule has 4 nitrogen and oxygen atoms in total. The fraction of sp³-hybridized carbons (Fsp3) is 0.385. The molecule has 0 radical (unpaired) electrons. The molecule has 1 aromatic rings. The molecule has 0 spiro atoms. The van der Waals surface area contributed by atoms with Gasteiger partial charge in [-0.1, -0.05) is 12.1 Å². The highest BCUT2D eigenvalue weighted by molar-refractivity contribution is 5.89. The molecule has 0 atom stereocenters. The maximum Gasteiger partial charge on any atom is 0.337 e. The molecule has 4 heteroatoms. The zero-order valence-electron chi connectivity index (χ0n) is 9.64. The minimum Gasteiger partial charge on any atom is -0.465 e. The van der Waals surface area contributed by atoms with E-state index in [0.717, 1.165) is 18.4 Å². The molecule has 0 amide bonds. The summed E-state index contributed by atoms with van der Waals surface area (Å²) in [6.07, 6.45) is 1.89. The van der Waals surface area contributed by atoms with E-state index in [-0.39, 0.29) is 24.5 Å². The van der Waals surface area contributed by atoms with Gasteiger partial charge in [-0.25, -0.2) is 4.79 Å². The molecule has 0 saturated heterocycles. The first-order valence-corrected chi connectivity index (χ1v) is 5.54.